The Bertz CT molecular complexity index is 819. The number of fused-ring (bicyclic) bond motifs is 2. The van der Waals surface area contributed by atoms with Crippen LogP contribution >= 0.6 is 0 Å². The summed E-state index contributed by atoms with van der Waals surface area (Å²) < 4.78 is 10.6. The van der Waals surface area contributed by atoms with Crippen molar-refractivity contribution in [1.29, 1.82) is 0 Å². The van der Waals surface area contributed by atoms with E-state index in [-0.39, 0.29) is 18.6 Å². The zero-order valence-electron chi connectivity index (χ0n) is 12.2. The number of carbonyl (C=O) groups is 1. The van der Waals surface area contributed by atoms with E-state index < -0.39 is 0 Å². The number of nitrogens with zero attached hydrogens (tertiary/aromatic N) is 3. The lowest BCUT2D eigenvalue weighted by molar-refractivity contribution is -0.126. The Morgan fingerprint density at radius 1 is 1.26 bits per heavy atom. The molecule has 7 heteroatoms. The van der Waals surface area contributed by atoms with Crippen molar-refractivity contribution >= 4 is 17.9 Å². The maximum atomic E-state index is 12.3. The van der Waals surface area contributed by atoms with E-state index in [1.54, 1.807) is 23.2 Å². The van der Waals surface area contributed by atoms with Crippen molar-refractivity contribution in [3.8, 4) is 11.5 Å². The highest BCUT2D eigenvalue weighted by atomic mass is 16.7. The lowest BCUT2D eigenvalue weighted by atomic mass is 10.2. The van der Waals surface area contributed by atoms with E-state index in [1.165, 1.54) is 0 Å². The van der Waals surface area contributed by atoms with Gasteiger partial charge in [-0.1, -0.05) is 6.07 Å². The number of amides is 1. The number of ether oxygens (including phenoxy) is 2. The summed E-state index contributed by atoms with van der Waals surface area (Å²) in [6.45, 7) is 1.18. The van der Waals surface area contributed by atoms with Gasteiger partial charge in [-0.15, -0.1) is 0 Å². The molecule has 0 atom stereocenters. The maximum Gasteiger partial charge on any atom is 0.247 e. The molecular weight excluding hydrogens is 296 g/mol. The minimum atomic E-state index is -0.0840. The highest BCUT2D eigenvalue weighted by Crippen LogP contribution is 2.32. The third kappa shape index (κ3) is 2.57. The Hall–Kier alpha value is -3.09. The third-order valence-electron chi connectivity index (χ3n) is 3.80. The molecular formula is C16H14N4O3. The molecule has 0 radical (unpaired) electrons. The number of nitrogens with two attached hydrogens (primary N) is 1. The first-order valence-corrected chi connectivity index (χ1v) is 7.16. The highest BCUT2D eigenvalue weighted by Gasteiger charge is 2.23. The Morgan fingerprint density at radius 2 is 2.13 bits per heavy atom. The van der Waals surface area contributed by atoms with Crippen molar-refractivity contribution in [3.63, 3.8) is 0 Å². The summed E-state index contributed by atoms with van der Waals surface area (Å²) >= 11 is 0. The molecule has 2 aliphatic rings. The minimum Gasteiger partial charge on any atom is -0.454 e. The molecule has 2 aromatic rings. The molecule has 0 fully saturated rings. The van der Waals surface area contributed by atoms with Crippen LogP contribution < -0.4 is 15.2 Å². The number of carbonyl (C=O) groups excluding carboxylic acids is 1. The SMILES string of the molecule is Nc1ncc2c(n1)CN(C(=O)/C=C/c1ccc3c(c1)OCO3)C2. The second-order valence-corrected chi connectivity index (χ2v) is 5.34. The molecule has 0 saturated carbocycles. The molecule has 0 saturated heterocycles. The normalized spacial score (nSPS) is 15.2. The van der Waals surface area contributed by atoms with Crippen LogP contribution in [0.4, 0.5) is 5.95 Å². The number of hydrogen-bond donors (Lipinski definition) is 1. The van der Waals surface area contributed by atoms with Crippen LogP contribution in [0.15, 0.2) is 30.5 Å². The zero-order valence-corrected chi connectivity index (χ0v) is 12.2. The first-order chi connectivity index (χ1) is 11.2. The third-order valence-corrected chi connectivity index (χ3v) is 3.80. The van der Waals surface area contributed by atoms with Crippen LogP contribution in [0.2, 0.25) is 0 Å². The molecule has 2 aliphatic heterocycles. The second kappa shape index (κ2) is 5.28. The van der Waals surface area contributed by atoms with Gasteiger partial charge < -0.3 is 20.1 Å². The fraction of sp³-hybridized carbons (Fsp3) is 0.188. The molecule has 7 nitrogen and oxygen atoms in total. The van der Waals surface area contributed by atoms with Gasteiger partial charge in [-0.3, -0.25) is 4.79 Å². The molecule has 2 N–H and O–H groups in total. The monoisotopic (exact) mass is 310 g/mol. The Balaban J connectivity index is 1.46. The number of aromatic nitrogens is 2. The predicted molar refractivity (Wildman–Crippen MR) is 82.3 cm³/mol. The minimum absolute atomic E-state index is 0.0840. The molecule has 0 unspecified atom stereocenters. The molecule has 1 amide bonds. The first kappa shape index (κ1) is 13.6. The van der Waals surface area contributed by atoms with E-state index in [9.17, 15) is 4.79 Å². The number of nitrogen functional groups attached to an aromatic ring is 1. The van der Waals surface area contributed by atoms with Gasteiger partial charge in [0.05, 0.1) is 12.2 Å². The number of benzene rings is 1. The molecule has 4 rings (SSSR count). The van der Waals surface area contributed by atoms with E-state index in [1.807, 2.05) is 18.2 Å². The molecule has 3 heterocycles. The average molecular weight is 310 g/mol. The lowest BCUT2D eigenvalue weighted by Crippen LogP contribution is -2.23. The van der Waals surface area contributed by atoms with Gasteiger partial charge in [0.15, 0.2) is 11.5 Å². The topological polar surface area (TPSA) is 90.6 Å². The van der Waals surface area contributed by atoms with Gasteiger partial charge in [-0.2, -0.15) is 0 Å². The average Bonchev–Trinajstić information content (AvgIpc) is 3.17. The summed E-state index contributed by atoms with van der Waals surface area (Å²) in [6.07, 6.45) is 4.97. The highest BCUT2D eigenvalue weighted by molar-refractivity contribution is 5.92. The lowest BCUT2D eigenvalue weighted by Gasteiger charge is -2.11. The summed E-state index contributed by atoms with van der Waals surface area (Å²) in [7, 11) is 0. The maximum absolute atomic E-state index is 12.3. The molecule has 0 aliphatic carbocycles. The predicted octanol–water partition coefficient (Wildman–Crippen LogP) is 1.34. The Labute approximate surface area is 132 Å². The summed E-state index contributed by atoms with van der Waals surface area (Å²) in [5.41, 5.74) is 8.19. The van der Waals surface area contributed by atoms with Crippen LogP contribution in [0, 0.1) is 0 Å². The first-order valence-electron chi connectivity index (χ1n) is 7.16. The van der Waals surface area contributed by atoms with Gasteiger partial charge in [0.25, 0.3) is 0 Å². The number of rotatable bonds is 2. The van der Waals surface area contributed by atoms with E-state index in [4.69, 9.17) is 15.2 Å². The van der Waals surface area contributed by atoms with Crippen LogP contribution in [-0.4, -0.2) is 27.6 Å². The van der Waals surface area contributed by atoms with Gasteiger partial charge in [0.1, 0.15) is 0 Å². The van der Waals surface area contributed by atoms with Gasteiger partial charge in [0, 0.05) is 24.4 Å². The van der Waals surface area contributed by atoms with Gasteiger partial charge >= 0.3 is 0 Å². The fourth-order valence-corrected chi connectivity index (χ4v) is 2.61. The number of anilines is 1. The van der Waals surface area contributed by atoms with E-state index >= 15 is 0 Å². The van der Waals surface area contributed by atoms with E-state index in [0.29, 0.717) is 18.8 Å². The van der Waals surface area contributed by atoms with Crippen LogP contribution in [0.1, 0.15) is 16.8 Å². The largest absolute Gasteiger partial charge is 0.454 e. The van der Waals surface area contributed by atoms with Crippen molar-refractivity contribution < 1.29 is 14.3 Å². The van der Waals surface area contributed by atoms with Crippen LogP contribution in [0.25, 0.3) is 6.08 Å². The van der Waals surface area contributed by atoms with Gasteiger partial charge in [-0.25, -0.2) is 9.97 Å². The van der Waals surface area contributed by atoms with Crippen LogP contribution in [-0.2, 0) is 17.9 Å². The molecule has 1 aromatic heterocycles. The summed E-state index contributed by atoms with van der Waals surface area (Å²) in [6, 6.07) is 5.55. The van der Waals surface area contributed by atoms with Crippen molar-refractivity contribution in [2.75, 3.05) is 12.5 Å². The Morgan fingerprint density at radius 3 is 3.04 bits per heavy atom. The summed E-state index contributed by atoms with van der Waals surface area (Å²) in [4.78, 5) is 22.1. The molecule has 0 bridgehead atoms. The smallest absolute Gasteiger partial charge is 0.247 e. The van der Waals surface area contributed by atoms with Crippen molar-refractivity contribution in [2.45, 2.75) is 13.1 Å². The fourth-order valence-electron chi connectivity index (χ4n) is 2.61. The second-order valence-electron chi connectivity index (χ2n) is 5.34. The Kier molecular flexibility index (Phi) is 3.11. The van der Waals surface area contributed by atoms with Crippen molar-refractivity contribution in [3.05, 3.63) is 47.3 Å². The van der Waals surface area contributed by atoms with E-state index in [2.05, 4.69) is 9.97 Å². The molecule has 1 aromatic carbocycles. The van der Waals surface area contributed by atoms with Crippen LogP contribution in [0.3, 0.4) is 0 Å². The van der Waals surface area contributed by atoms with Crippen LogP contribution in [0.5, 0.6) is 11.5 Å². The van der Waals surface area contributed by atoms with Gasteiger partial charge in [-0.05, 0) is 23.8 Å². The van der Waals surface area contributed by atoms with Crippen molar-refractivity contribution in [2.24, 2.45) is 0 Å². The molecule has 116 valence electrons. The molecule has 23 heavy (non-hydrogen) atoms. The van der Waals surface area contributed by atoms with Gasteiger partial charge in [0.2, 0.25) is 18.6 Å². The molecule has 0 spiro atoms. The van der Waals surface area contributed by atoms with E-state index in [0.717, 1.165) is 22.6 Å². The number of hydrogen-bond acceptors (Lipinski definition) is 6. The quantitative estimate of drug-likeness (QED) is 0.842. The summed E-state index contributed by atoms with van der Waals surface area (Å²) in [5, 5.41) is 0. The standard InChI is InChI=1S/C16H14N4O3/c17-16-18-6-11-7-20(8-12(11)19-16)15(21)4-2-10-1-3-13-14(5-10)23-9-22-13/h1-6H,7-9H2,(H2,17,18,19)/b4-2+. The van der Waals surface area contributed by atoms with Crippen molar-refractivity contribution in [1.82, 2.24) is 14.9 Å². The summed E-state index contributed by atoms with van der Waals surface area (Å²) in [5.74, 6) is 1.56. The zero-order chi connectivity index (χ0) is 15.8.